The summed E-state index contributed by atoms with van der Waals surface area (Å²) >= 11 is 0. The summed E-state index contributed by atoms with van der Waals surface area (Å²) in [5.74, 6) is 1.18. The van der Waals surface area contributed by atoms with Gasteiger partial charge in [0.2, 0.25) is 5.91 Å². The fourth-order valence-electron chi connectivity index (χ4n) is 4.33. The van der Waals surface area contributed by atoms with E-state index in [1.807, 2.05) is 11.8 Å². The molecule has 0 aromatic carbocycles. The number of nitrogens with zero attached hydrogens (tertiary/aromatic N) is 5. The maximum Gasteiger partial charge on any atom is 0.227 e. The van der Waals surface area contributed by atoms with E-state index in [0.29, 0.717) is 19.7 Å². The number of fused-ring (bicyclic) bond motifs is 5. The summed E-state index contributed by atoms with van der Waals surface area (Å²) in [4.78, 5) is 30.7. The number of hydrogen-bond acceptors (Lipinski definition) is 6. The van der Waals surface area contributed by atoms with Crippen LogP contribution in [0.15, 0.2) is 12.4 Å². The maximum absolute atomic E-state index is 12.9. The molecule has 0 saturated carbocycles. The largest absolute Gasteiger partial charge is 0.383 e. The van der Waals surface area contributed by atoms with Gasteiger partial charge >= 0.3 is 0 Å². The second-order valence-corrected chi connectivity index (χ2v) is 7.33. The van der Waals surface area contributed by atoms with Crippen LogP contribution in [0.2, 0.25) is 0 Å². The van der Waals surface area contributed by atoms with Crippen molar-refractivity contribution in [3.63, 3.8) is 0 Å². The Morgan fingerprint density at radius 2 is 2.08 bits per heavy atom. The molecule has 1 amide bonds. The number of aryl methyl sites for hydroxylation is 2. The minimum atomic E-state index is 0.0225. The number of aromatic nitrogens is 3. The molecule has 26 heavy (non-hydrogen) atoms. The predicted molar refractivity (Wildman–Crippen MR) is 99.1 cm³/mol. The summed E-state index contributed by atoms with van der Waals surface area (Å²) in [6.45, 7) is 6.80. The van der Waals surface area contributed by atoms with Crippen molar-refractivity contribution in [1.29, 1.82) is 0 Å². The van der Waals surface area contributed by atoms with E-state index >= 15 is 0 Å². The van der Waals surface area contributed by atoms with Gasteiger partial charge in [0.1, 0.15) is 12.1 Å². The van der Waals surface area contributed by atoms with E-state index in [4.69, 9.17) is 4.74 Å². The highest BCUT2D eigenvalue weighted by Crippen LogP contribution is 2.34. The van der Waals surface area contributed by atoms with Gasteiger partial charge in [-0.2, -0.15) is 0 Å². The van der Waals surface area contributed by atoms with E-state index in [0.717, 1.165) is 47.5 Å². The Balaban J connectivity index is 1.72. The molecule has 2 aromatic heterocycles. The average Bonchev–Trinajstić information content (AvgIpc) is 2.90. The van der Waals surface area contributed by atoms with Gasteiger partial charge in [-0.25, -0.2) is 15.0 Å². The smallest absolute Gasteiger partial charge is 0.227 e. The summed E-state index contributed by atoms with van der Waals surface area (Å²) < 4.78 is 5.20. The van der Waals surface area contributed by atoms with Crippen LogP contribution in [0.5, 0.6) is 0 Å². The molecule has 3 saturated heterocycles. The van der Waals surface area contributed by atoms with Crippen LogP contribution in [-0.4, -0.2) is 65.2 Å². The SMILES string of the molecule is COCCN1C(=O)[C@@H]2CC[C@H]1CN(c1ncnc3nc(C)cc(C)c13)C2. The molecule has 2 atom stereocenters. The van der Waals surface area contributed by atoms with Crippen LogP contribution in [-0.2, 0) is 9.53 Å². The third-order valence-electron chi connectivity index (χ3n) is 5.54. The number of rotatable bonds is 4. The molecule has 7 heteroatoms. The monoisotopic (exact) mass is 355 g/mol. The minimum Gasteiger partial charge on any atom is -0.383 e. The zero-order chi connectivity index (χ0) is 18.3. The van der Waals surface area contributed by atoms with Crippen molar-refractivity contribution in [2.75, 3.05) is 38.3 Å². The van der Waals surface area contributed by atoms with Gasteiger partial charge in [-0.1, -0.05) is 0 Å². The van der Waals surface area contributed by atoms with E-state index in [1.165, 1.54) is 0 Å². The second kappa shape index (κ2) is 6.79. The van der Waals surface area contributed by atoms with Crippen molar-refractivity contribution in [3.8, 4) is 0 Å². The number of anilines is 1. The van der Waals surface area contributed by atoms with Crippen LogP contribution in [0.1, 0.15) is 24.1 Å². The number of hydrogen-bond donors (Lipinski definition) is 0. The van der Waals surface area contributed by atoms with Gasteiger partial charge in [-0.05, 0) is 38.3 Å². The molecule has 0 unspecified atom stereocenters. The maximum atomic E-state index is 12.9. The molecular formula is C19H25N5O2. The number of amides is 1. The van der Waals surface area contributed by atoms with Crippen LogP contribution in [0.25, 0.3) is 11.0 Å². The Bertz CT molecular complexity index is 840. The van der Waals surface area contributed by atoms with E-state index < -0.39 is 0 Å². The first-order valence-electron chi connectivity index (χ1n) is 9.21. The number of carbonyl (C=O) groups excluding carboxylic acids is 1. The van der Waals surface area contributed by atoms with E-state index in [2.05, 4.69) is 32.8 Å². The van der Waals surface area contributed by atoms with Gasteiger partial charge < -0.3 is 14.5 Å². The standard InChI is InChI=1S/C19H25N5O2/c1-12-8-13(2)22-17-16(12)18(21-11-20-17)23-9-14-4-5-15(10-23)24(19(14)25)6-7-26-3/h8,11,14-15H,4-7,9-10H2,1-3H3/t14-,15+/m1/s1. The molecule has 3 fully saturated rings. The highest BCUT2D eigenvalue weighted by molar-refractivity contribution is 5.91. The molecule has 0 aliphatic carbocycles. The predicted octanol–water partition coefficient (Wildman–Crippen LogP) is 1.72. The fraction of sp³-hybridized carbons (Fsp3) is 0.579. The zero-order valence-electron chi connectivity index (χ0n) is 15.6. The first-order chi connectivity index (χ1) is 12.6. The Labute approximate surface area is 153 Å². The number of methoxy groups -OCH3 is 1. The number of piperidine rings is 1. The van der Waals surface area contributed by atoms with Crippen molar-refractivity contribution in [2.24, 2.45) is 5.92 Å². The van der Waals surface area contributed by atoms with Gasteiger partial charge in [0.05, 0.1) is 17.9 Å². The molecule has 0 spiro atoms. The molecule has 2 aromatic rings. The van der Waals surface area contributed by atoms with Crippen molar-refractivity contribution in [1.82, 2.24) is 19.9 Å². The summed E-state index contributed by atoms with van der Waals surface area (Å²) in [5, 5.41) is 0.996. The Hall–Kier alpha value is -2.28. The van der Waals surface area contributed by atoms with E-state index in [1.54, 1.807) is 13.4 Å². The lowest BCUT2D eigenvalue weighted by Crippen LogP contribution is -2.49. The summed E-state index contributed by atoms with van der Waals surface area (Å²) in [6, 6.07) is 2.28. The van der Waals surface area contributed by atoms with Crippen LogP contribution >= 0.6 is 0 Å². The normalized spacial score (nSPS) is 23.0. The van der Waals surface area contributed by atoms with Crippen LogP contribution < -0.4 is 4.90 Å². The average molecular weight is 355 g/mol. The van der Waals surface area contributed by atoms with Crippen LogP contribution in [0.4, 0.5) is 5.82 Å². The molecule has 138 valence electrons. The molecular weight excluding hydrogens is 330 g/mol. The van der Waals surface area contributed by atoms with Crippen LogP contribution in [0.3, 0.4) is 0 Å². The fourth-order valence-corrected chi connectivity index (χ4v) is 4.33. The second-order valence-electron chi connectivity index (χ2n) is 7.33. The summed E-state index contributed by atoms with van der Waals surface area (Å²) in [7, 11) is 1.68. The number of pyridine rings is 1. The first-order valence-corrected chi connectivity index (χ1v) is 9.21. The van der Waals surface area contributed by atoms with E-state index in [-0.39, 0.29) is 17.9 Å². The highest BCUT2D eigenvalue weighted by Gasteiger charge is 2.41. The summed E-state index contributed by atoms with van der Waals surface area (Å²) in [5.41, 5.74) is 2.81. The number of ether oxygens (including phenoxy) is 1. The van der Waals surface area contributed by atoms with Gasteiger partial charge in [-0.15, -0.1) is 0 Å². The van der Waals surface area contributed by atoms with Crippen molar-refractivity contribution in [3.05, 3.63) is 23.7 Å². The first kappa shape index (κ1) is 17.1. The van der Waals surface area contributed by atoms with Gasteiger partial charge in [0.25, 0.3) is 0 Å². The van der Waals surface area contributed by atoms with Gasteiger partial charge in [0, 0.05) is 38.5 Å². The highest BCUT2D eigenvalue weighted by atomic mass is 16.5. The molecule has 5 heterocycles. The Morgan fingerprint density at radius 1 is 1.23 bits per heavy atom. The lowest BCUT2D eigenvalue weighted by atomic mass is 9.94. The lowest BCUT2D eigenvalue weighted by Gasteiger charge is -2.35. The number of carbonyl (C=O) groups is 1. The quantitative estimate of drug-likeness (QED) is 0.832. The van der Waals surface area contributed by atoms with Crippen molar-refractivity contribution >= 4 is 22.8 Å². The third kappa shape index (κ3) is 2.90. The molecule has 2 bridgehead atoms. The molecule has 0 N–H and O–H groups in total. The third-order valence-corrected chi connectivity index (χ3v) is 5.54. The Kier molecular flexibility index (Phi) is 4.48. The molecule has 5 rings (SSSR count). The van der Waals surface area contributed by atoms with Crippen molar-refractivity contribution < 1.29 is 9.53 Å². The zero-order valence-corrected chi connectivity index (χ0v) is 15.6. The lowest BCUT2D eigenvalue weighted by molar-refractivity contribution is -0.140. The minimum absolute atomic E-state index is 0.0225. The van der Waals surface area contributed by atoms with E-state index in [9.17, 15) is 4.79 Å². The van der Waals surface area contributed by atoms with Crippen molar-refractivity contribution in [2.45, 2.75) is 32.7 Å². The molecule has 3 aliphatic rings. The Morgan fingerprint density at radius 3 is 2.88 bits per heavy atom. The summed E-state index contributed by atoms with van der Waals surface area (Å²) in [6.07, 6.45) is 3.57. The topological polar surface area (TPSA) is 71.5 Å². The van der Waals surface area contributed by atoms with Crippen LogP contribution in [0, 0.1) is 19.8 Å². The van der Waals surface area contributed by atoms with Gasteiger partial charge in [0.15, 0.2) is 5.65 Å². The molecule has 0 radical (unpaired) electrons. The molecule has 3 aliphatic heterocycles. The van der Waals surface area contributed by atoms with Gasteiger partial charge in [-0.3, -0.25) is 4.79 Å². The molecule has 7 nitrogen and oxygen atoms in total.